The zero-order valence-electron chi connectivity index (χ0n) is 12.7. The van der Waals surface area contributed by atoms with Crippen molar-refractivity contribution in [2.75, 3.05) is 13.1 Å². The van der Waals surface area contributed by atoms with E-state index >= 15 is 0 Å². The molecule has 1 aromatic heterocycles. The third-order valence-electron chi connectivity index (χ3n) is 4.63. The number of benzene rings is 2. The molecule has 0 spiro atoms. The van der Waals surface area contributed by atoms with Crippen LogP contribution in [0.4, 0.5) is 4.39 Å². The lowest BCUT2D eigenvalue weighted by Crippen LogP contribution is -2.36. The molecule has 4 heteroatoms. The van der Waals surface area contributed by atoms with Crippen molar-refractivity contribution in [3.63, 3.8) is 0 Å². The standard InChI is InChI=1S/C19H18ClFN2/c20-13-6-7-14-17(10-13)23-19(12-4-2-1-3-5-12)18(14)15-11-22-9-8-16(15)21/h1-7,10,15-16,22-23H,8-9,11H2. The van der Waals surface area contributed by atoms with Crippen LogP contribution in [0.2, 0.25) is 5.02 Å². The zero-order chi connectivity index (χ0) is 15.8. The molecule has 0 aliphatic carbocycles. The minimum Gasteiger partial charge on any atom is -0.354 e. The van der Waals surface area contributed by atoms with Gasteiger partial charge in [0.2, 0.25) is 0 Å². The molecular weight excluding hydrogens is 311 g/mol. The number of hydrogen-bond acceptors (Lipinski definition) is 1. The van der Waals surface area contributed by atoms with E-state index in [4.69, 9.17) is 11.6 Å². The molecule has 1 fully saturated rings. The van der Waals surface area contributed by atoms with Crippen LogP contribution in [0.25, 0.3) is 22.2 Å². The molecule has 2 nitrogen and oxygen atoms in total. The summed E-state index contributed by atoms with van der Waals surface area (Å²) in [6.45, 7) is 1.41. The largest absolute Gasteiger partial charge is 0.354 e. The second-order valence-electron chi connectivity index (χ2n) is 6.08. The van der Waals surface area contributed by atoms with E-state index in [-0.39, 0.29) is 5.92 Å². The van der Waals surface area contributed by atoms with Gasteiger partial charge in [0, 0.05) is 28.4 Å². The SMILES string of the molecule is FC1CCNCC1c1c(-c2ccccc2)[nH]c2cc(Cl)ccc12. The smallest absolute Gasteiger partial charge is 0.109 e. The Morgan fingerprint density at radius 1 is 1.09 bits per heavy atom. The Hall–Kier alpha value is -1.84. The third-order valence-corrected chi connectivity index (χ3v) is 4.87. The summed E-state index contributed by atoms with van der Waals surface area (Å²) < 4.78 is 14.6. The summed E-state index contributed by atoms with van der Waals surface area (Å²) in [5.74, 6) is -0.145. The van der Waals surface area contributed by atoms with Gasteiger partial charge in [0.1, 0.15) is 6.17 Å². The molecule has 0 radical (unpaired) electrons. The number of aromatic nitrogens is 1. The molecule has 2 N–H and O–H groups in total. The van der Waals surface area contributed by atoms with Crippen LogP contribution in [0.1, 0.15) is 17.9 Å². The van der Waals surface area contributed by atoms with Crippen LogP contribution in [-0.2, 0) is 0 Å². The fourth-order valence-corrected chi connectivity index (χ4v) is 3.69. The van der Waals surface area contributed by atoms with Crippen molar-refractivity contribution >= 4 is 22.5 Å². The highest BCUT2D eigenvalue weighted by atomic mass is 35.5. The number of halogens is 2. The van der Waals surface area contributed by atoms with Gasteiger partial charge in [-0.25, -0.2) is 4.39 Å². The maximum atomic E-state index is 14.6. The molecule has 3 aromatic rings. The molecule has 2 unspecified atom stereocenters. The molecule has 1 aliphatic rings. The van der Waals surface area contributed by atoms with Crippen molar-refractivity contribution in [1.29, 1.82) is 0 Å². The first-order valence-electron chi connectivity index (χ1n) is 7.95. The van der Waals surface area contributed by atoms with E-state index in [1.807, 2.05) is 36.4 Å². The predicted octanol–water partition coefficient (Wildman–Crippen LogP) is 4.90. The summed E-state index contributed by atoms with van der Waals surface area (Å²) in [6.07, 6.45) is -0.271. The molecule has 118 valence electrons. The average Bonchev–Trinajstić information content (AvgIpc) is 2.94. The van der Waals surface area contributed by atoms with Crippen molar-refractivity contribution in [3.8, 4) is 11.3 Å². The van der Waals surface area contributed by atoms with E-state index in [1.54, 1.807) is 0 Å². The van der Waals surface area contributed by atoms with Crippen LogP contribution in [0, 0.1) is 0 Å². The number of hydrogen-bond donors (Lipinski definition) is 2. The minimum atomic E-state index is -0.826. The van der Waals surface area contributed by atoms with Gasteiger partial charge >= 0.3 is 0 Å². The number of alkyl halides is 1. The monoisotopic (exact) mass is 328 g/mol. The summed E-state index contributed by atoms with van der Waals surface area (Å²) in [7, 11) is 0. The molecule has 1 aliphatic heterocycles. The Morgan fingerprint density at radius 2 is 1.91 bits per heavy atom. The number of fused-ring (bicyclic) bond motifs is 1. The lowest BCUT2D eigenvalue weighted by molar-refractivity contribution is 0.229. The Bertz CT molecular complexity index is 828. The van der Waals surface area contributed by atoms with Crippen molar-refractivity contribution in [3.05, 3.63) is 59.1 Å². The third kappa shape index (κ3) is 2.64. The van der Waals surface area contributed by atoms with E-state index in [0.29, 0.717) is 18.0 Å². The molecule has 1 saturated heterocycles. The summed E-state index contributed by atoms with van der Waals surface area (Å²) in [4.78, 5) is 3.46. The molecule has 4 rings (SSSR count). The summed E-state index contributed by atoms with van der Waals surface area (Å²) in [6, 6.07) is 15.9. The van der Waals surface area contributed by atoms with E-state index in [1.165, 1.54) is 0 Å². The fourth-order valence-electron chi connectivity index (χ4n) is 3.52. The van der Waals surface area contributed by atoms with Crippen molar-refractivity contribution in [2.45, 2.75) is 18.5 Å². The van der Waals surface area contributed by atoms with Crippen LogP contribution in [-0.4, -0.2) is 24.2 Å². The van der Waals surface area contributed by atoms with E-state index < -0.39 is 6.17 Å². The first-order chi connectivity index (χ1) is 11.2. The molecule has 23 heavy (non-hydrogen) atoms. The number of nitrogens with one attached hydrogen (secondary N) is 2. The van der Waals surface area contributed by atoms with Crippen LogP contribution in [0.15, 0.2) is 48.5 Å². The molecule has 0 bridgehead atoms. The van der Waals surface area contributed by atoms with Gasteiger partial charge in [-0.1, -0.05) is 48.0 Å². The maximum absolute atomic E-state index is 14.6. The molecule has 0 saturated carbocycles. The van der Waals surface area contributed by atoms with Gasteiger partial charge in [0.15, 0.2) is 0 Å². The highest BCUT2D eigenvalue weighted by molar-refractivity contribution is 6.31. The van der Waals surface area contributed by atoms with Crippen LogP contribution < -0.4 is 5.32 Å². The van der Waals surface area contributed by atoms with Crippen LogP contribution >= 0.6 is 11.6 Å². The Morgan fingerprint density at radius 3 is 2.70 bits per heavy atom. The second-order valence-corrected chi connectivity index (χ2v) is 6.52. The number of H-pyrrole nitrogens is 1. The van der Waals surface area contributed by atoms with Gasteiger partial charge in [-0.3, -0.25) is 0 Å². The van der Waals surface area contributed by atoms with Crippen molar-refractivity contribution < 1.29 is 4.39 Å². The Kier molecular flexibility index (Phi) is 3.83. The highest BCUT2D eigenvalue weighted by Gasteiger charge is 2.31. The predicted molar refractivity (Wildman–Crippen MR) is 93.9 cm³/mol. The van der Waals surface area contributed by atoms with Crippen molar-refractivity contribution in [1.82, 2.24) is 10.3 Å². The maximum Gasteiger partial charge on any atom is 0.109 e. The number of rotatable bonds is 2. The van der Waals surface area contributed by atoms with Crippen LogP contribution in [0.5, 0.6) is 0 Å². The molecule has 2 atom stereocenters. The molecule has 2 heterocycles. The van der Waals surface area contributed by atoms with E-state index in [2.05, 4.69) is 22.4 Å². The highest BCUT2D eigenvalue weighted by Crippen LogP contribution is 2.39. The topological polar surface area (TPSA) is 27.8 Å². The van der Waals surface area contributed by atoms with Gasteiger partial charge in [0.25, 0.3) is 0 Å². The van der Waals surface area contributed by atoms with Gasteiger partial charge < -0.3 is 10.3 Å². The molecule has 0 amide bonds. The zero-order valence-corrected chi connectivity index (χ0v) is 13.4. The van der Waals surface area contributed by atoms with Crippen LogP contribution in [0.3, 0.4) is 0 Å². The van der Waals surface area contributed by atoms with E-state index in [9.17, 15) is 4.39 Å². The normalized spacial score (nSPS) is 21.7. The minimum absolute atomic E-state index is 0.145. The summed E-state index contributed by atoms with van der Waals surface area (Å²) in [5.41, 5.74) is 4.10. The fraction of sp³-hybridized carbons (Fsp3) is 0.263. The lowest BCUT2D eigenvalue weighted by atomic mass is 9.86. The van der Waals surface area contributed by atoms with Gasteiger partial charge in [-0.15, -0.1) is 0 Å². The van der Waals surface area contributed by atoms with Gasteiger partial charge in [0.05, 0.1) is 5.69 Å². The van der Waals surface area contributed by atoms with Gasteiger partial charge in [-0.05, 0) is 36.2 Å². The number of piperidine rings is 1. The number of aromatic amines is 1. The first kappa shape index (κ1) is 14.7. The Balaban J connectivity index is 1.95. The first-order valence-corrected chi connectivity index (χ1v) is 8.33. The molecule has 2 aromatic carbocycles. The Labute approximate surface area is 139 Å². The summed E-state index contributed by atoms with van der Waals surface area (Å²) in [5, 5.41) is 5.07. The average molecular weight is 329 g/mol. The van der Waals surface area contributed by atoms with E-state index in [0.717, 1.165) is 34.3 Å². The summed E-state index contributed by atoms with van der Waals surface area (Å²) >= 11 is 6.13. The van der Waals surface area contributed by atoms with Gasteiger partial charge in [-0.2, -0.15) is 0 Å². The van der Waals surface area contributed by atoms with Crippen molar-refractivity contribution in [2.24, 2.45) is 0 Å². The second kappa shape index (κ2) is 5.99. The molecular formula is C19H18ClFN2. The quantitative estimate of drug-likeness (QED) is 0.687. The lowest BCUT2D eigenvalue weighted by Gasteiger charge is -2.27.